The van der Waals surface area contributed by atoms with Crippen LogP contribution in [0.25, 0.3) is 0 Å². The molecule has 1 saturated heterocycles. The molecule has 2 heterocycles. The highest BCUT2D eigenvalue weighted by molar-refractivity contribution is 6.39. The quantitative estimate of drug-likeness (QED) is 0.397. The van der Waals surface area contributed by atoms with E-state index in [-0.39, 0.29) is 22.0 Å². The fraction of sp³-hybridized carbons (Fsp3) is 0.269. The number of piperidine rings is 1. The highest BCUT2D eigenvalue weighted by Crippen LogP contribution is 2.25. The van der Waals surface area contributed by atoms with Crippen LogP contribution in [-0.4, -0.2) is 47.1 Å². The molecule has 0 aliphatic carbocycles. The first kappa shape index (κ1) is 24.8. The van der Waals surface area contributed by atoms with Gasteiger partial charge >= 0.3 is 5.97 Å². The number of nitrogens with one attached hydrogen (secondary N) is 2. The van der Waals surface area contributed by atoms with E-state index in [4.69, 9.17) is 23.2 Å². The zero-order valence-electron chi connectivity index (χ0n) is 19.0. The minimum Gasteiger partial charge on any atom is -0.480 e. The maximum Gasteiger partial charge on any atom is 0.326 e. The topological polar surface area (TPSA) is 94.6 Å². The molecule has 35 heavy (non-hydrogen) atoms. The Bertz CT molecular complexity index is 1150. The van der Waals surface area contributed by atoms with Crippen LogP contribution in [0.3, 0.4) is 0 Å². The number of nitrogens with zero attached hydrogens (tertiary/aromatic N) is 2. The summed E-state index contributed by atoms with van der Waals surface area (Å²) < 4.78 is 0. The molecule has 0 bridgehead atoms. The van der Waals surface area contributed by atoms with Gasteiger partial charge in [-0.25, -0.2) is 9.78 Å². The van der Waals surface area contributed by atoms with Crippen LogP contribution in [-0.2, 0) is 11.2 Å². The fourth-order valence-electron chi connectivity index (χ4n) is 4.16. The lowest BCUT2D eigenvalue weighted by Gasteiger charge is -2.34. The number of benzene rings is 2. The van der Waals surface area contributed by atoms with Crippen LogP contribution in [0.2, 0.25) is 10.0 Å². The van der Waals surface area contributed by atoms with Gasteiger partial charge in [0.1, 0.15) is 11.9 Å². The first-order chi connectivity index (χ1) is 16.9. The van der Waals surface area contributed by atoms with Gasteiger partial charge in [-0.15, -0.1) is 0 Å². The number of hydrogen-bond donors (Lipinski definition) is 3. The summed E-state index contributed by atoms with van der Waals surface area (Å²) in [5.41, 5.74) is 1.96. The molecular weight excluding hydrogens is 487 g/mol. The van der Waals surface area contributed by atoms with Gasteiger partial charge in [0.05, 0.1) is 15.6 Å². The van der Waals surface area contributed by atoms with Crippen molar-refractivity contribution in [3.8, 4) is 0 Å². The highest BCUT2D eigenvalue weighted by atomic mass is 35.5. The van der Waals surface area contributed by atoms with Crippen LogP contribution in [0.4, 0.5) is 11.5 Å². The predicted octanol–water partition coefficient (Wildman–Crippen LogP) is 4.90. The van der Waals surface area contributed by atoms with E-state index >= 15 is 0 Å². The van der Waals surface area contributed by atoms with E-state index in [2.05, 4.69) is 20.5 Å². The monoisotopic (exact) mass is 512 g/mol. The van der Waals surface area contributed by atoms with Crippen molar-refractivity contribution in [3.05, 3.63) is 88.0 Å². The van der Waals surface area contributed by atoms with Crippen molar-refractivity contribution in [2.75, 3.05) is 23.3 Å². The molecule has 182 valence electrons. The number of aromatic nitrogens is 1. The van der Waals surface area contributed by atoms with Gasteiger partial charge in [0.2, 0.25) is 0 Å². The number of carboxylic acid groups (broad SMARTS) is 1. The summed E-state index contributed by atoms with van der Waals surface area (Å²) >= 11 is 12.2. The van der Waals surface area contributed by atoms with E-state index in [1.54, 1.807) is 12.3 Å². The molecule has 1 aliphatic rings. The summed E-state index contributed by atoms with van der Waals surface area (Å²) in [6, 6.07) is 17.6. The molecule has 1 aromatic heterocycles. The van der Waals surface area contributed by atoms with Crippen LogP contribution in [0.15, 0.2) is 66.9 Å². The average Bonchev–Trinajstić information content (AvgIpc) is 2.85. The number of anilines is 2. The van der Waals surface area contributed by atoms with Crippen molar-refractivity contribution in [2.24, 2.45) is 0 Å². The van der Waals surface area contributed by atoms with Gasteiger partial charge in [-0.1, -0.05) is 47.5 Å². The summed E-state index contributed by atoms with van der Waals surface area (Å²) in [7, 11) is 0. The number of pyridine rings is 1. The molecule has 0 radical (unpaired) electrons. The maximum absolute atomic E-state index is 12.6. The SMILES string of the molecule is O=C(NC(Cc1ccc(N2CCC(Nc3ccccn3)CC2)cc1)C(=O)O)c1c(Cl)cccc1Cl. The third kappa shape index (κ3) is 6.44. The van der Waals surface area contributed by atoms with Crippen molar-refractivity contribution in [1.29, 1.82) is 0 Å². The van der Waals surface area contributed by atoms with Gasteiger partial charge in [0.15, 0.2) is 0 Å². The normalized spacial score (nSPS) is 14.9. The Balaban J connectivity index is 1.34. The zero-order chi connectivity index (χ0) is 24.8. The Morgan fingerprint density at radius 3 is 2.29 bits per heavy atom. The van der Waals surface area contributed by atoms with Crippen LogP contribution < -0.4 is 15.5 Å². The number of rotatable bonds is 8. The molecule has 4 rings (SSSR count). The standard InChI is InChI=1S/C26H26Cl2N4O3/c27-20-4-3-5-21(28)24(20)25(33)31-22(26(34)35)16-17-7-9-19(10-8-17)32-14-11-18(12-15-32)30-23-6-1-2-13-29-23/h1-10,13,18,22H,11-12,14-16H2,(H,29,30)(H,31,33)(H,34,35). The maximum atomic E-state index is 12.6. The summed E-state index contributed by atoms with van der Waals surface area (Å²) in [5, 5.41) is 16.0. The number of carbonyl (C=O) groups excluding carboxylic acids is 1. The van der Waals surface area contributed by atoms with Crippen LogP contribution >= 0.6 is 23.2 Å². The van der Waals surface area contributed by atoms with Crippen molar-refractivity contribution < 1.29 is 14.7 Å². The van der Waals surface area contributed by atoms with E-state index in [1.165, 1.54) is 12.1 Å². The lowest BCUT2D eigenvalue weighted by Crippen LogP contribution is -2.42. The Kier molecular flexibility index (Phi) is 8.10. The summed E-state index contributed by atoms with van der Waals surface area (Å²) in [6.07, 6.45) is 3.91. The molecule has 1 atom stereocenters. The lowest BCUT2D eigenvalue weighted by atomic mass is 10.0. The van der Waals surface area contributed by atoms with Crippen LogP contribution in [0.1, 0.15) is 28.8 Å². The third-order valence-corrected chi connectivity index (χ3v) is 6.68. The molecule has 1 aliphatic heterocycles. The Morgan fingerprint density at radius 1 is 1.00 bits per heavy atom. The summed E-state index contributed by atoms with van der Waals surface area (Å²) in [4.78, 5) is 31.1. The molecule has 2 aromatic carbocycles. The van der Waals surface area contributed by atoms with Crippen LogP contribution in [0.5, 0.6) is 0 Å². The van der Waals surface area contributed by atoms with E-state index in [1.807, 2.05) is 42.5 Å². The van der Waals surface area contributed by atoms with Crippen molar-refractivity contribution in [1.82, 2.24) is 10.3 Å². The number of halogens is 2. The number of amides is 1. The molecule has 0 spiro atoms. The molecule has 3 aromatic rings. The van der Waals surface area contributed by atoms with Crippen molar-refractivity contribution in [2.45, 2.75) is 31.3 Å². The fourth-order valence-corrected chi connectivity index (χ4v) is 4.73. The first-order valence-corrected chi connectivity index (χ1v) is 12.2. The lowest BCUT2D eigenvalue weighted by molar-refractivity contribution is -0.139. The van der Waals surface area contributed by atoms with Crippen LogP contribution in [0, 0.1) is 0 Å². The number of hydrogen-bond acceptors (Lipinski definition) is 5. The molecule has 7 nitrogen and oxygen atoms in total. The minimum absolute atomic E-state index is 0.0679. The smallest absolute Gasteiger partial charge is 0.326 e. The summed E-state index contributed by atoms with van der Waals surface area (Å²) in [6.45, 7) is 1.83. The van der Waals surface area contributed by atoms with Gasteiger partial charge in [-0.3, -0.25) is 4.79 Å². The Morgan fingerprint density at radius 2 is 1.69 bits per heavy atom. The third-order valence-electron chi connectivity index (χ3n) is 6.05. The van der Waals surface area contributed by atoms with E-state index in [0.29, 0.717) is 6.04 Å². The van der Waals surface area contributed by atoms with Gasteiger partial charge in [-0.2, -0.15) is 0 Å². The summed E-state index contributed by atoms with van der Waals surface area (Å²) in [5.74, 6) is -0.855. The number of carboxylic acids is 1. The van der Waals surface area contributed by atoms with Crippen molar-refractivity contribution in [3.63, 3.8) is 0 Å². The Labute approximate surface area is 214 Å². The largest absolute Gasteiger partial charge is 0.480 e. The molecule has 3 N–H and O–H groups in total. The molecule has 1 amide bonds. The molecule has 9 heteroatoms. The van der Waals surface area contributed by atoms with E-state index in [0.717, 1.165) is 43.0 Å². The first-order valence-electron chi connectivity index (χ1n) is 11.4. The van der Waals surface area contributed by atoms with Gasteiger partial charge in [0.25, 0.3) is 5.91 Å². The molecular formula is C26H26Cl2N4O3. The van der Waals surface area contributed by atoms with Crippen molar-refractivity contribution >= 4 is 46.6 Å². The second-order valence-corrected chi connectivity index (χ2v) is 9.27. The molecule has 1 fully saturated rings. The second kappa shape index (κ2) is 11.4. The van der Waals surface area contributed by atoms with Gasteiger partial charge < -0.3 is 20.6 Å². The van der Waals surface area contributed by atoms with E-state index in [9.17, 15) is 14.7 Å². The minimum atomic E-state index is -1.13. The predicted molar refractivity (Wildman–Crippen MR) is 139 cm³/mol. The Hall–Kier alpha value is -3.29. The molecule has 1 unspecified atom stereocenters. The van der Waals surface area contributed by atoms with Gasteiger partial charge in [0, 0.05) is 37.4 Å². The van der Waals surface area contributed by atoms with E-state index < -0.39 is 17.9 Å². The molecule has 0 saturated carbocycles. The van der Waals surface area contributed by atoms with Gasteiger partial charge in [-0.05, 0) is 54.8 Å². The second-order valence-electron chi connectivity index (χ2n) is 8.45. The average molecular weight is 513 g/mol. The zero-order valence-corrected chi connectivity index (χ0v) is 20.5. The number of carbonyl (C=O) groups is 2. The highest BCUT2D eigenvalue weighted by Gasteiger charge is 2.24. The number of aliphatic carboxylic acids is 1.